The van der Waals surface area contributed by atoms with Crippen molar-refractivity contribution in [3.05, 3.63) is 16.1 Å². The van der Waals surface area contributed by atoms with Crippen molar-refractivity contribution in [3.8, 4) is 0 Å². The fraction of sp³-hybridized carbons (Fsp3) is 0.556. The fourth-order valence-electron chi connectivity index (χ4n) is 1.63. The van der Waals surface area contributed by atoms with E-state index >= 15 is 0 Å². The molecular formula is C9H13N3OS. The molecule has 1 atom stereocenters. The van der Waals surface area contributed by atoms with Crippen LogP contribution >= 0.6 is 11.3 Å². The van der Waals surface area contributed by atoms with Crippen molar-refractivity contribution in [3.63, 3.8) is 0 Å². The molecule has 76 valence electrons. The van der Waals surface area contributed by atoms with E-state index in [2.05, 4.69) is 10.3 Å². The highest BCUT2D eigenvalue weighted by Gasteiger charge is 2.18. The minimum absolute atomic E-state index is 0.321. The number of rotatable bonds is 2. The molecule has 1 aliphatic rings. The topological polar surface area (TPSA) is 68.0 Å². The summed E-state index contributed by atoms with van der Waals surface area (Å²) in [6.45, 7) is 1.04. The van der Waals surface area contributed by atoms with Gasteiger partial charge in [-0.2, -0.15) is 0 Å². The number of hydrogen-bond donors (Lipinski definition) is 2. The molecule has 1 fully saturated rings. The molecule has 0 aromatic carbocycles. The lowest BCUT2D eigenvalue weighted by molar-refractivity contribution is 0.100. The number of thiazole rings is 1. The molecule has 1 amide bonds. The van der Waals surface area contributed by atoms with E-state index < -0.39 is 0 Å². The lowest BCUT2D eigenvalue weighted by Crippen LogP contribution is -2.26. The van der Waals surface area contributed by atoms with Crippen LogP contribution in [0.1, 0.15) is 40.0 Å². The third kappa shape index (κ3) is 1.93. The van der Waals surface area contributed by atoms with Gasteiger partial charge >= 0.3 is 0 Å². The van der Waals surface area contributed by atoms with E-state index in [0.29, 0.717) is 10.9 Å². The predicted molar refractivity (Wildman–Crippen MR) is 55.2 cm³/mol. The van der Waals surface area contributed by atoms with Gasteiger partial charge in [0.2, 0.25) is 0 Å². The molecule has 0 spiro atoms. The van der Waals surface area contributed by atoms with Crippen LogP contribution in [0.4, 0.5) is 0 Å². The molecule has 0 radical (unpaired) electrons. The second kappa shape index (κ2) is 4.06. The summed E-state index contributed by atoms with van der Waals surface area (Å²) in [5.41, 5.74) is 5.17. The van der Waals surface area contributed by atoms with E-state index in [1.165, 1.54) is 24.2 Å². The van der Waals surface area contributed by atoms with Crippen molar-refractivity contribution in [2.75, 3.05) is 6.54 Å². The van der Waals surface area contributed by atoms with Crippen LogP contribution in [0.15, 0.2) is 6.20 Å². The van der Waals surface area contributed by atoms with Crippen molar-refractivity contribution in [1.82, 2.24) is 10.3 Å². The van der Waals surface area contributed by atoms with Gasteiger partial charge in [-0.25, -0.2) is 4.98 Å². The van der Waals surface area contributed by atoms with E-state index in [1.807, 2.05) is 0 Å². The first-order chi connectivity index (χ1) is 6.77. The average Bonchev–Trinajstić information content (AvgIpc) is 2.68. The van der Waals surface area contributed by atoms with Crippen molar-refractivity contribution in [1.29, 1.82) is 0 Å². The van der Waals surface area contributed by atoms with E-state index in [9.17, 15) is 4.79 Å². The Morgan fingerprint density at radius 2 is 2.50 bits per heavy atom. The van der Waals surface area contributed by atoms with Crippen LogP contribution in [0.3, 0.4) is 0 Å². The van der Waals surface area contributed by atoms with Gasteiger partial charge in [0.1, 0.15) is 9.88 Å². The number of primary amides is 1. The van der Waals surface area contributed by atoms with Crippen LogP contribution in [-0.4, -0.2) is 17.4 Å². The van der Waals surface area contributed by atoms with Gasteiger partial charge in [0, 0.05) is 0 Å². The zero-order valence-electron chi connectivity index (χ0n) is 7.82. The summed E-state index contributed by atoms with van der Waals surface area (Å²) in [7, 11) is 0. The van der Waals surface area contributed by atoms with Crippen LogP contribution in [0.5, 0.6) is 0 Å². The van der Waals surface area contributed by atoms with Gasteiger partial charge in [-0.3, -0.25) is 4.79 Å². The molecule has 0 bridgehead atoms. The second-order valence-corrected chi connectivity index (χ2v) is 4.49. The number of nitrogens with zero attached hydrogens (tertiary/aromatic N) is 1. The van der Waals surface area contributed by atoms with Gasteiger partial charge in [0.25, 0.3) is 5.91 Å². The summed E-state index contributed by atoms with van der Waals surface area (Å²) in [5.74, 6) is -0.385. The minimum Gasteiger partial charge on any atom is -0.365 e. The third-order valence-corrected chi connectivity index (χ3v) is 3.50. The predicted octanol–water partition coefficient (Wildman–Crippen LogP) is 1.06. The molecule has 4 nitrogen and oxygen atoms in total. The second-order valence-electron chi connectivity index (χ2n) is 3.43. The molecule has 1 aliphatic heterocycles. The highest BCUT2D eigenvalue weighted by atomic mass is 32.1. The Kier molecular flexibility index (Phi) is 2.79. The van der Waals surface area contributed by atoms with Crippen LogP contribution in [0, 0.1) is 0 Å². The first kappa shape index (κ1) is 9.61. The number of carbonyl (C=O) groups excluding carboxylic acids is 1. The third-order valence-electron chi connectivity index (χ3n) is 2.37. The Morgan fingerprint density at radius 3 is 3.07 bits per heavy atom. The maximum absolute atomic E-state index is 10.9. The number of aromatic nitrogens is 1. The van der Waals surface area contributed by atoms with Crippen molar-refractivity contribution >= 4 is 17.2 Å². The van der Waals surface area contributed by atoms with Gasteiger partial charge in [-0.05, 0) is 19.4 Å². The van der Waals surface area contributed by atoms with Crippen LogP contribution in [-0.2, 0) is 0 Å². The number of nitrogens with two attached hydrogens (primary N) is 1. The van der Waals surface area contributed by atoms with Crippen LogP contribution in [0.25, 0.3) is 0 Å². The molecule has 0 unspecified atom stereocenters. The molecular weight excluding hydrogens is 198 g/mol. The number of nitrogens with one attached hydrogen (secondary N) is 1. The van der Waals surface area contributed by atoms with Gasteiger partial charge in [0.05, 0.1) is 12.2 Å². The highest BCUT2D eigenvalue weighted by molar-refractivity contribution is 7.13. The van der Waals surface area contributed by atoms with Crippen LogP contribution in [0.2, 0.25) is 0 Å². The summed E-state index contributed by atoms with van der Waals surface area (Å²) < 4.78 is 0. The number of carbonyl (C=O) groups is 1. The Morgan fingerprint density at radius 1 is 1.64 bits per heavy atom. The molecule has 3 N–H and O–H groups in total. The van der Waals surface area contributed by atoms with E-state index in [4.69, 9.17) is 5.73 Å². The monoisotopic (exact) mass is 211 g/mol. The molecule has 1 aromatic rings. The Labute approximate surface area is 86.5 Å². The zero-order valence-corrected chi connectivity index (χ0v) is 8.64. The molecule has 2 rings (SSSR count). The summed E-state index contributed by atoms with van der Waals surface area (Å²) in [4.78, 5) is 15.6. The lowest BCUT2D eigenvalue weighted by Gasteiger charge is -2.20. The number of piperidine rings is 1. The molecule has 2 heterocycles. The highest BCUT2D eigenvalue weighted by Crippen LogP contribution is 2.26. The summed E-state index contributed by atoms with van der Waals surface area (Å²) in [5, 5.41) is 4.37. The normalized spacial score (nSPS) is 22.1. The first-order valence-corrected chi connectivity index (χ1v) is 5.58. The molecule has 14 heavy (non-hydrogen) atoms. The summed E-state index contributed by atoms with van der Waals surface area (Å²) in [6, 6.07) is 0.321. The van der Waals surface area contributed by atoms with Crippen LogP contribution < -0.4 is 11.1 Å². The summed E-state index contributed by atoms with van der Waals surface area (Å²) in [6.07, 6.45) is 5.12. The van der Waals surface area contributed by atoms with Crippen molar-refractivity contribution < 1.29 is 4.79 Å². The molecule has 1 saturated heterocycles. The van der Waals surface area contributed by atoms with E-state index in [-0.39, 0.29) is 5.91 Å². The van der Waals surface area contributed by atoms with E-state index in [1.54, 1.807) is 6.20 Å². The van der Waals surface area contributed by atoms with Gasteiger partial charge in [-0.15, -0.1) is 11.3 Å². The molecule has 5 heteroatoms. The average molecular weight is 211 g/mol. The maximum Gasteiger partial charge on any atom is 0.260 e. The molecule has 1 aromatic heterocycles. The fourth-order valence-corrected chi connectivity index (χ4v) is 2.51. The standard InChI is InChI=1S/C9H13N3OS/c10-8(13)7-5-12-9(14-7)6-3-1-2-4-11-6/h5-6,11H,1-4H2,(H2,10,13)/t6-/m0/s1. The Bertz CT molecular complexity index is 331. The van der Waals surface area contributed by atoms with Gasteiger partial charge in [-0.1, -0.05) is 6.42 Å². The molecule has 0 saturated carbocycles. The first-order valence-electron chi connectivity index (χ1n) is 4.76. The summed E-state index contributed by atoms with van der Waals surface area (Å²) >= 11 is 1.40. The number of hydrogen-bond acceptors (Lipinski definition) is 4. The maximum atomic E-state index is 10.9. The van der Waals surface area contributed by atoms with Crippen molar-refractivity contribution in [2.24, 2.45) is 5.73 Å². The van der Waals surface area contributed by atoms with Crippen molar-refractivity contribution in [2.45, 2.75) is 25.3 Å². The quantitative estimate of drug-likeness (QED) is 0.768. The van der Waals surface area contributed by atoms with E-state index in [0.717, 1.165) is 18.0 Å². The minimum atomic E-state index is -0.385. The van der Waals surface area contributed by atoms with Gasteiger partial charge in [0.15, 0.2) is 0 Å². The zero-order chi connectivity index (χ0) is 9.97. The Balaban J connectivity index is 2.11. The Hall–Kier alpha value is -0.940. The largest absolute Gasteiger partial charge is 0.365 e. The smallest absolute Gasteiger partial charge is 0.260 e. The van der Waals surface area contributed by atoms with Gasteiger partial charge < -0.3 is 11.1 Å². The SMILES string of the molecule is NC(=O)c1cnc([C@@H]2CCCCN2)s1. The lowest BCUT2D eigenvalue weighted by atomic mass is 10.1. The number of amides is 1. The molecule has 0 aliphatic carbocycles.